The largest absolute Gasteiger partial charge is 0.381 e. The maximum atomic E-state index is 13.2. The first kappa shape index (κ1) is 10.8. The number of rotatable bonds is 2. The molecule has 5 heteroatoms. The van der Waals surface area contributed by atoms with Gasteiger partial charge in [-0.05, 0) is 19.3 Å². The maximum absolute atomic E-state index is 13.2. The van der Waals surface area contributed by atoms with Crippen molar-refractivity contribution < 1.29 is 18.7 Å². The summed E-state index contributed by atoms with van der Waals surface area (Å²) in [5, 5.41) is 2.69. The minimum Gasteiger partial charge on any atom is -0.381 e. The Morgan fingerprint density at radius 1 is 1.33 bits per heavy atom. The van der Waals surface area contributed by atoms with Crippen LogP contribution in [-0.2, 0) is 14.3 Å². The molecule has 4 nitrogen and oxygen atoms in total. The molecule has 2 saturated heterocycles. The molecule has 0 radical (unpaired) electrons. The Morgan fingerprint density at radius 2 is 2.20 bits per heavy atom. The van der Waals surface area contributed by atoms with Crippen LogP contribution in [0.2, 0.25) is 0 Å². The molecule has 3 unspecified atom stereocenters. The predicted molar refractivity (Wildman–Crippen MR) is 50.9 cm³/mol. The topological polar surface area (TPSA) is 47.6 Å². The van der Waals surface area contributed by atoms with E-state index >= 15 is 0 Å². The molecule has 1 N–H and O–H groups in total. The van der Waals surface area contributed by atoms with Crippen LogP contribution < -0.4 is 5.32 Å². The molecule has 2 heterocycles. The summed E-state index contributed by atoms with van der Waals surface area (Å²) in [4.78, 5) is 11.6. The van der Waals surface area contributed by atoms with Crippen LogP contribution in [0.1, 0.15) is 19.3 Å². The van der Waals surface area contributed by atoms with Gasteiger partial charge in [-0.15, -0.1) is 0 Å². The zero-order valence-electron chi connectivity index (χ0n) is 8.58. The second kappa shape index (κ2) is 4.90. The Labute approximate surface area is 88.1 Å². The Balaban J connectivity index is 1.81. The number of hydrogen-bond acceptors (Lipinski definition) is 3. The van der Waals surface area contributed by atoms with E-state index in [0.29, 0.717) is 26.2 Å². The SMILES string of the molecule is O=C(NC1CCCOC1F)C1CCOC1. The average molecular weight is 217 g/mol. The normalized spacial score (nSPS) is 36.5. The first-order valence-electron chi connectivity index (χ1n) is 5.41. The van der Waals surface area contributed by atoms with E-state index in [2.05, 4.69) is 5.32 Å². The number of halogens is 1. The number of carbonyl (C=O) groups excluding carboxylic acids is 1. The van der Waals surface area contributed by atoms with E-state index in [1.54, 1.807) is 0 Å². The molecule has 0 aromatic heterocycles. The van der Waals surface area contributed by atoms with Crippen molar-refractivity contribution in [1.82, 2.24) is 5.32 Å². The molecule has 0 saturated carbocycles. The fourth-order valence-corrected chi connectivity index (χ4v) is 1.93. The lowest BCUT2D eigenvalue weighted by atomic mass is 10.1. The first-order chi connectivity index (χ1) is 7.27. The Hall–Kier alpha value is -0.680. The van der Waals surface area contributed by atoms with Gasteiger partial charge in [0.2, 0.25) is 12.3 Å². The molecule has 2 rings (SSSR count). The van der Waals surface area contributed by atoms with Gasteiger partial charge in [0.25, 0.3) is 0 Å². The molecule has 3 atom stereocenters. The first-order valence-corrected chi connectivity index (χ1v) is 5.41. The van der Waals surface area contributed by atoms with Gasteiger partial charge >= 0.3 is 0 Å². The van der Waals surface area contributed by atoms with Crippen molar-refractivity contribution >= 4 is 5.91 Å². The standard InChI is InChI=1S/C10H16FNO3/c11-9-8(2-1-4-15-9)12-10(13)7-3-5-14-6-7/h7-9H,1-6H2,(H,12,13). The van der Waals surface area contributed by atoms with Gasteiger partial charge in [0.15, 0.2) is 0 Å². The van der Waals surface area contributed by atoms with Crippen molar-refractivity contribution in [1.29, 1.82) is 0 Å². The van der Waals surface area contributed by atoms with Gasteiger partial charge in [-0.1, -0.05) is 0 Å². The van der Waals surface area contributed by atoms with E-state index in [-0.39, 0.29) is 11.8 Å². The number of amides is 1. The Bertz CT molecular complexity index is 231. The Morgan fingerprint density at radius 3 is 2.87 bits per heavy atom. The van der Waals surface area contributed by atoms with Gasteiger partial charge in [0, 0.05) is 6.61 Å². The smallest absolute Gasteiger partial charge is 0.225 e. The molecule has 2 aliphatic rings. The van der Waals surface area contributed by atoms with E-state index < -0.39 is 12.4 Å². The van der Waals surface area contributed by atoms with Crippen LogP contribution in [0, 0.1) is 5.92 Å². The van der Waals surface area contributed by atoms with Gasteiger partial charge < -0.3 is 14.8 Å². The molecule has 2 aliphatic heterocycles. The summed E-state index contributed by atoms with van der Waals surface area (Å²) in [6, 6.07) is -0.480. The molecule has 0 bridgehead atoms. The van der Waals surface area contributed by atoms with Crippen LogP contribution in [0.15, 0.2) is 0 Å². The van der Waals surface area contributed by atoms with Crippen LogP contribution in [0.3, 0.4) is 0 Å². The molecular formula is C10H16FNO3. The second-order valence-electron chi connectivity index (χ2n) is 4.04. The summed E-state index contributed by atoms with van der Waals surface area (Å²) >= 11 is 0. The third-order valence-corrected chi connectivity index (χ3v) is 2.88. The summed E-state index contributed by atoms with van der Waals surface area (Å²) in [5.74, 6) is -0.218. The highest BCUT2D eigenvalue weighted by molar-refractivity contribution is 5.79. The van der Waals surface area contributed by atoms with E-state index in [0.717, 1.165) is 12.8 Å². The fourth-order valence-electron chi connectivity index (χ4n) is 1.93. The lowest BCUT2D eigenvalue weighted by Gasteiger charge is -2.27. The lowest BCUT2D eigenvalue weighted by Crippen LogP contribution is -2.47. The second-order valence-corrected chi connectivity index (χ2v) is 4.04. The molecule has 86 valence electrons. The summed E-state index contributed by atoms with van der Waals surface area (Å²) in [6.45, 7) is 1.52. The lowest BCUT2D eigenvalue weighted by molar-refractivity contribution is -0.133. The highest BCUT2D eigenvalue weighted by Crippen LogP contribution is 2.17. The Kier molecular flexibility index (Phi) is 3.53. The third kappa shape index (κ3) is 2.66. The monoisotopic (exact) mass is 217 g/mol. The van der Waals surface area contributed by atoms with E-state index in [1.807, 2.05) is 0 Å². The van der Waals surface area contributed by atoms with E-state index in [4.69, 9.17) is 9.47 Å². The quantitative estimate of drug-likeness (QED) is 0.737. The van der Waals surface area contributed by atoms with Crippen molar-refractivity contribution in [3.05, 3.63) is 0 Å². The van der Waals surface area contributed by atoms with Crippen LogP contribution in [0.4, 0.5) is 4.39 Å². The highest BCUT2D eigenvalue weighted by Gasteiger charge is 2.30. The summed E-state index contributed by atoms with van der Waals surface area (Å²) < 4.78 is 23.2. The molecule has 1 amide bonds. The van der Waals surface area contributed by atoms with E-state index in [1.165, 1.54) is 0 Å². The summed E-state index contributed by atoms with van der Waals surface area (Å²) in [6.07, 6.45) is 0.827. The van der Waals surface area contributed by atoms with Crippen molar-refractivity contribution in [2.75, 3.05) is 19.8 Å². The third-order valence-electron chi connectivity index (χ3n) is 2.88. The number of hydrogen-bond donors (Lipinski definition) is 1. The van der Waals surface area contributed by atoms with Crippen LogP contribution in [-0.4, -0.2) is 38.1 Å². The highest BCUT2D eigenvalue weighted by atomic mass is 19.1. The van der Waals surface area contributed by atoms with Gasteiger partial charge in [0.1, 0.15) is 0 Å². The van der Waals surface area contributed by atoms with Crippen LogP contribution >= 0.6 is 0 Å². The number of carbonyl (C=O) groups is 1. The molecular weight excluding hydrogens is 201 g/mol. The van der Waals surface area contributed by atoms with Crippen molar-refractivity contribution in [2.24, 2.45) is 5.92 Å². The molecule has 15 heavy (non-hydrogen) atoms. The van der Waals surface area contributed by atoms with Crippen LogP contribution in [0.5, 0.6) is 0 Å². The predicted octanol–water partition coefficient (Wildman–Crippen LogP) is 0.614. The number of alkyl halides is 1. The molecule has 2 fully saturated rings. The minimum atomic E-state index is -1.36. The molecule has 0 aromatic rings. The summed E-state index contributed by atoms with van der Waals surface area (Å²) in [5.41, 5.74) is 0. The van der Waals surface area contributed by atoms with Crippen molar-refractivity contribution in [3.63, 3.8) is 0 Å². The van der Waals surface area contributed by atoms with Gasteiger partial charge in [-0.25, -0.2) is 4.39 Å². The minimum absolute atomic E-state index is 0.106. The van der Waals surface area contributed by atoms with Crippen molar-refractivity contribution in [2.45, 2.75) is 31.7 Å². The van der Waals surface area contributed by atoms with Crippen LogP contribution in [0.25, 0.3) is 0 Å². The van der Waals surface area contributed by atoms with E-state index in [9.17, 15) is 9.18 Å². The van der Waals surface area contributed by atoms with Gasteiger partial charge in [-0.3, -0.25) is 4.79 Å². The zero-order chi connectivity index (χ0) is 10.7. The number of ether oxygens (including phenoxy) is 2. The fraction of sp³-hybridized carbons (Fsp3) is 0.900. The molecule has 0 aromatic carbocycles. The molecule has 0 spiro atoms. The maximum Gasteiger partial charge on any atom is 0.225 e. The average Bonchev–Trinajstić information content (AvgIpc) is 2.74. The number of nitrogens with one attached hydrogen (secondary N) is 1. The zero-order valence-corrected chi connectivity index (χ0v) is 8.58. The van der Waals surface area contributed by atoms with Gasteiger partial charge in [0.05, 0.1) is 25.2 Å². The van der Waals surface area contributed by atoms with Crippen molar-refractivity contribution in [3.8, 4) is 0 Å². The summed E-state index contributed by atoms with van der Waals surface area (Å²) in [7, 11) is 0. The van der Waals surface area contributed by atoms with Gasteiger partial charge in [-0.2, -0.15) is 0 Å². The molecule has 0 aliphatic carbocycles.